The van der Waals surface area contributed by atoms with E-state index in [4.69, 9.17) is 4.43 Å². The molecule has 114 valence electrons. The highest BCUT2D eigenvalue weighted by Gasteiger charge is 2.40. The fourth-order valence-electron chi connectivity index (χ4n) is 1.53. The summed E-state index contributed by atoms with van der Waals surface area (Å²) in [5.74, 6) is 0.359. The molecule has 3 nitrogen and oxygen atoms in total. The lowest BCUT2D eigenvalue weighted by Crippen LogP contribution is -2.48. The van der Waals surface area contributed by atoms with Gasteiger partial charge in [0.1, 0.15) is 0 Å². The fourth-order valence-corrected chi connectivity index (χ4v) is 3.64. The summed E-state index contributed by atoms with van der Waals surface area (Å²) >= 11 is 1.27. The van der Waals surface area contributed by atoms with Crippen LogP contribution >= 0.6 is 11.8 Å². The van der Waals surface area contributed by atoms with Crippen molar-refractivity contribution in [1.82, 2.24) is 0 Å². The molecule has 3 atom stereocenters. The molecule has 0 amide bonds. The van der Waals surface area contributed by atoms with Gasteiger partial charge in [-0.2, -0.15) is 0 Å². The average Bonchev–Trinajstić information content (AvgIpc) is 2.25. The third-order valence-electron chi connectivity index (χ3n) is 3.94. The summed E-state index contributed by atoms with van der Waals surface area (Å²) in [6.45, 7) is 16.4. The summed E-state index contributed by atoms with van der Waals surface area (Å²) in [7, 11) is -1.91. The van der Waals surface area contributed by atoms with Crippen LogP contribution in [0.25, 0.3) is 0 Å². The van der Waals surface area contributed by atoms with Crippen LogP contribution in [0.4, 0.5) is 0 Å². The molecule has 0 aliphatic carbocycles. The molecule has 0 aromatic carbocycles. The molecule has 19 heavy (non-hydrogen) atoms. The number of aliphatic hydroxyl groups excluding tert-OH is 1. The number of thioether (sulfide) groups is 1. The Morgan fingerprint density at radius 3 is 2.16 bits per heavy atom. The zero-order valence-corrected chi connectivity index (χ0v) is 15.4. The lowest BCUT2D eigenvalue weighted by Gasteiger charge is -2.40. The van der Waals surface area contributed by atoms with Crippen molar-refractivity contribution in [3.05, 3.63) is 0 Å². The Balaban J connectivity index is 4.66. The van der Waals surface area contributed by atoms with Gasteiger partial charge in [-0.1, -0.05) is 46.4 Å². The van der Waals surface area contributed by atoms with Gasteiger partial charge in [-0.3, -0.25) is 4.79 Å². The molecule has 0 aromatic rings. The molecule has 0 aliphatic heterocycles. The second-order valence-corrected chi connectivity index (χ2v) is 12.6. The van der Waals surface area contributed by atoms with Crippen LogP contribution in [0.2, 0.25) is 18.1 Å². The van der Waals surface area contributed by atoms with E-state index in [0.29, 0.717) is 0 Å². The van der Waals surface area contributed by atoms with E-state index in [9.17, 15) is 9.90 Å². The van der Waals surface area contributed by atoms with Gasteiger partial charge in [0.25, 0.3) is 0 Å². The number of carbonyl (C=O) groups excluding carboxylic acids is 1. The summed E-state index contributed by atoms with van der Waals surface area (Å²) in [6, 6.07) is 0. The third-order valence-corrected chi connectivity index (χ3v) is 9.46. The van der Waals surface area contributed by atoms with E-state index in [1.54, 1.807) is 6.92 Å². The lowest BCUT2D eigenvalue weighted by molar-refractivity contribution is -0.119. The third kappa shape index (κ3) is 5.58. The Kier molecular flexibility index (Phi) is 7.31. The van der Waals surface area contributed by atoms with E-state index < -0.39 is 14.4 Å². The molecular formula is C14H30O3SSi. The predicted molar refractivity (Wildman–Crippen MR) is 86.1 cm³/mol. The van der Waals surface area contributed by atoms with Gasteiger partial charge in [0.15, 0.2) is 13.4 Å². The topological polar surface area (TPSA) is 46.5 Å². The van der Waals surface area contributed by atoms with Gasteiger partial charge in [-0.05, 0) is 30.8 Å². The molecule has 0 saturated heterocycles. The van der Waals surface area contributed by atoms with E-state index in [1.807, 2.05) is 13.8 Å². The highest BCUT2D eigenvalue weighted by Crippen LogP contribution is 2.38. The van der Waals surface area contributed by atoms with Crippen LogP contribution < -0.4 is 0 Å². The second kappa shape index (κ2) is 7.25. The summed E-state index contributed by atoms with van der Waals surface area (Å²) in [6.07, 6.45) is -1.04. The van der Waals surface area contributed by atoms with E-state index in [-0.39, 0.29) is 22.2 Å². The van der Waals surface area contributed by atoms with E-state index in [0.717, 1.165) is 5.75 Å². The standard InChI is InChI=1S/C14H30O3SSi/c1-9-18-13(16)10(2)12(15)11(3)17-19(7,8)14(4,5)6/h10-12,15H,9H2,1-8H3/t10-,11+,12-/m1/s1. The largest absolute Gasteiger partial charge is 0.412 e. The van der Waals surface area contributed by atoms with Crippen molar-refractivity contribution in [2.75, 3.05) is 5.75 Å². The van der Waals surface area contributed by atoms with Gasteiger partial charge in [-0.15, -0.1) is 0 Å². The molecule has 0 bridgehead atoms. The summed E-state index contributed by atoms with van der Waals surface area (Å²) in [5.41, 5.74) is 0. The van der Waals surface area contributed by atoms with Crippen molar-refractivity contribution in [2.45, 2.75) is 71.9 Å². The number of rotatable bonds is 6. The Morgan fingerprint density at radius 1 is 1.32 bits per heavy atom. The van der Waals surface area contributed by atoms with Crippen LogP contribution in [-0.4, -0.2) is 36.5 Å². The molecule has 0 unspecified atom stereocenters. The van der Waals surface area contributed by atoms with Crippen LogP contribution in [0, 0.1) is 5.92 Å². The Labute approximate surface area is 123 Å². The van der Waals surface area contributed by atoms with Crippen LogP contribution in [-0.2, 0) is 9.22 Å². The van der Waals surface area contributed by atoms with Gasteiger partial charge in [-0.25, -0.2) is 0 Å². The van der Waals surface area contributed by atoms with Gasteiger partial charge >= 0.3 is 0 Å². The molecule has 5 heteroatoms. The van der Waals surface area contributed by atoms with Gasteiger partial charge in [0.2, 0.25) is 0 Å². The maximum Gasteiger partial charge on any atom is 0.194 e. The minimum atomic E-state index is -1.91. The Hall–Kier alpha value is 0.157. The van der Waals surface area contributed by atoms with Gasteiger partial charge in [0.05, 0.1) is 18.1 Å². The molecule has 0 aliphatic rings. The van der Waals surface area contributed by atoms with Gasteiger partial charge < -0.3 is 9.53 Å². The van der Waals surface area contributed by atoms with E-state index in [2.05, 4.69) is 33.9 Å². The van der Waals surface area contributed by atoms with Crippen molar-refractivity contribution < 1.29 is 14.3 Å². The zero-order chi connectivity index (χ0) is 15.4. The molecular weight excluding hydrogens is 276 g/mol. The van der Waals surface area contributed by atoms with E-state index >= 15 is 0 Å². The summed E-state index contributed by atoms with van der Waals surface area (Å²) in [4.78, 5) is 11.8. The Bertz CT molecular complexity index is 300. The first-order valence-corrected chi connectivity index (χ1v) is 10.9. The molecule has 0 rings (SSSR count). The molecule has 0 aromatic heterocycles. The monoisotopic (exact) mass is 306 g/mol. The highest BCUT2D eigenvalue weighted by molar-refractivity contribution is 8.13. The highest BCUT2D eigenvalue weighted by atomic mass is 32.2. The number of aliphatic hydroxyl groups is 1. The first-order chi connectivity index (χ1) is 8.44. The van der Waals surface area contributed by atoms with Crippen molar-refractivity contribution >= 4 is 25.2 Å². The SMILES string of the molecule is CCSC(=O)[C@H](C)[C@@H](O)[C@H](C)O[Si](C)(C)C(C)(C)C. The first-order valence-electron chi connectivity index (χ1n) is 6.96. The Morgan fingerprint density at radius 2 is 1.79 bits per heavy atom. The van der Waals surface area contributed by atoms with Crippen molar-refractivity contribution in [2.24, 2.45) is 5.92 Å². The van der Waals surface area contributed by atoms with Gasteiger partial charge in [0, 0.05) is 0 Å². The zero-order valence-electron chi connectivity index (χ0n) is 13.6. The smallest absolute Gasteiger partial charge is 0.194 e. The second-order valence-electron chi connectivity index (χ2n) is 6.61. The lowest BCUT2D eigenvalue weighted by atomic mass is 10.0. The molecule has 0 fully saturated rings. The maximum absolute atomic E-state index is 11.8. The van der Waals surface area contributed by atoms with Crippen LogP contribution in [0.5, 0.6) is 0 Å². The predicted octanol–water partition coefficient (Wildman–Crippen LogP) is 3.67. The maximum atomic E-state index is 11.8. The van der Waals surface area contributed by atoms with Crippen molar-refractivity contribution in [3.8, 4) is 0 Å². The number of hydrogen-bond acceptors (Lipinski definition) is 4. The normalized spacial score (nSPS) is 17.9. The minimum absolute atomic E-state index is 0.0423. The molecule has 0 heterocycles. The van der Waals surface area contributed by atoms with Crippen molar-refractivity contribution in [1.29, 1.82) is 0 Å². The van der Waals surface area contributed by atoms with Crippen LogP contribution in [0.15, 0.2) is 0 Å². The van der Waals surface area contributed by atoms with Crippen molar-refractivity contribution in [3.63, 3.8) is 0 Å². The molecule has 0 saturated carbocycles. The van der Waals surface area contributed by atoms with Crippen LogP contribution in [0.3, 0.4) is 0 Å². The quantitative estimate of drug-likeness (QED) is 0.761. The molecule has 0 radical (unpaired) electrons. The number of carbonyl (C=O) groups is 1. The van der Waals surface area contributed by atoms with Crippen LogP contribution in [0.1, 0.15) is 41.5 Å². The first kappa shape index (κ1) is 19.2. The number of hydrogen-bond donors (Lipinski definition) is 1. The minimum Gasteiger partial charge on any atom is -0.412 e. The summed E-state index contributed by atoms with van der Waals surface area (Å²) < 4.78 is 6.14. The molecule has 1 N–H and O–H groups in total. The molecule has 0 spiro atoms. The summed E-state index contributed by atoms with van der Waals surface area (Å²) in [5, 5.41) is 10.4. The average molecular weight is 307 g/mol. The van der Waals surface area contributed by atoms with E-state index in [1.165, 1.54) is 11.8 Å². The fraction of sp³-hybridized carbons (Fsp3) is 0.929.